The fourth-order valence-electron chi connectivity index (χ4n) is 0.959. The van der Waals surface area contributed by atoms with E-state index >= 15 is 0 Å². The Labute approximate surface area is 100 Å². The van der Waals surface area contributed by atoms with E-state index in [-0.39, 0.29) is 0 Å². The van der Waals surface area contributed by atoms with E-state index in [0.29, 0.717) is 11.0 Å². The van der Waals surface area contributed by atoms with E-state index in [1.807, 2.05) is 13.8 Å². The van der Waals surface area contributed by atoms with Gasteiger partial charge in [0, 0.05) is 5.56 Å². The SMILES string of the molecule is Cc1nc(Cl)c(C)c(Sc2nncs2)n1. The van der Waals surface area contributed by atoms with Gasteiger partial charge in [0.05, 0.1) is 0 Å². The van der Waals surface area contributed by atoms with Crippen LogP contribution < -0.4 is 0 Å². The molecule has 2 aromatic heterocycles. The van der Waals surface area contributed by atoms with Crippen LogP contribution in [0.4, 0.5) is 0 Å². The Bertz CT molecular complexity index is 472. The Morgan fingerprint density at radius 1 is 1.33 bits per heavy atom. The molecule has 0 saturated carbocycles. The fourth-order valence-corrected chi connectivity index (χ4v) is 2.75. The van der Waals surface area contributed by atoms with E-state index in [9.17, 15) is 0 Å². The Morgan fingerprint density at radius 2 is 2.13 bits per heavy atom. The largest absolute Gasteiger partial charge is 0.226 e. The summed E-state index contributed by atoms with van der Waals surface area (Å²) in [5.41, 5.74) is 2.57. The molecule has 0 bridgehead atoms. The van der Waals surface area contributed by atoms with Crippen molar-refractivity contribution in [2.75, 3.05) is 0 Å². The number of halogens is 1. The van der Waals surface area contributed by atoms with Crippen molar-refractivity contribution < 1.29 is 0 Å². The monoisotopic (exact) mass is 258 g/mol. The second-order valence-electron chi connectivity index (χ2n) is 2.80. The van der Waals surface area contributed by atoms with E-state index < -0.39 is 0 Å². The quantitative estimate of drug-likeness (QED) is 0.776. The Morgan fingerprint density at radius 3 is 2.80 bits per heavy atom. The highest BCUT2D eigenvalue weighted by Gasteiger charge is 2.10. The van der Waals surface area contributed by atoms with E-state index in [1.54, 1.807) is 5.51 Å². The first-order valence-corrected chi connectivity index (χ1v) is 6.19. The van der Waals surface area contributed by atoms with Crippen molar-refractivity contribution in [2.45, 2.75) is 23.2 Å². The van der Waals surface area contributed by atoms with Crippen LogP contribution >= 0.6 is 34.7 Å². The van der Waals surface area contributed by atoms with Crippen LogP contribution in [0.3, 0.4) is 0 Å². The molecule has 78 valence electrons. The van der Waals surface area contributed by atoms with Crippen molar-refractivity contribution in [1.82, 2.24) is 20.2 Å². The zero-order valence-electron chi connectivity index (χ0n) is 8.06. The van der Waals surface area contributed by atoms with Crippen molar-refractivity contribution in [2.24, 2.45) is 0 Å². The summed E-state index contributed by atoms with van der Waals surface area (Å²) in [6.45, 7) is 3.71. The Kier molecular flexibility index (Phi) is 3.18. The maximum atomic E-state index is 5.96. The predicted molar refractivity (Wildman–Crippen MR) is 60.5 cm³/mol. The van der Waals surface area contributed by atoms with Crippen molar-refractivity contribution in [3.63, 3.8) is 0 Å². The molecule has 2 aromatic rings. The van der Waals surface area contributed by atoms with Gasteiger partial charge in [-0.05, 0) is 25.6 Å². The molecule has 0 aromatic carbocycles. The third kappa shape index (κ3) is 2.45. The van der Waals surface area contributed by atoms with Crippen LogP contribution in [-0.2, 0) is 0 Å². The van der Waals surface area contributed by atoms with E-state index in [1.165, 1.54) is 23.1 Å². The molecule has 2 rings (SSSR count). The lowest BCUT2D eigenvalue weighted by atomic mass is 10.4. The van der Waals surface area contributed by atoms with Gasteiger partial charge in [-0.15, -0.1) is 10.2 Å². The molecule has 0 fully saturated rings. The topological polar surface area (TPSA) is 51.6 Å². The molecule has 0 aliphatic carbocycles. The number of rotatable bonds is 2. The molecule has 0 aliphatic heterocycles. The van der Waals surface area contributed by atoms with Crippen molar-refractivity contribution in [1.29, 1.82) is 0 Å². The van der Waals surface area contributed by atoms with E-state index in [0.717, 1.165) is 14.9 Å². The van der Waals surface area contributed by atoms with Gasteiger partial charge in [0.1, 0.15) is 21.5 Å². The summed E-state index contributed by atoms with van der Waals surface area (Å²) in [7, 11) is 0. The van der Waals surface area contributed by atoms with Gasteiger partial charge in [-0.1, -0.05) is 22.9 Å². The molecule has 15 heavy (non-hydrogen) atoms. The first kappa shape index (κ1) is 10.8. The summed E-state index contributed by atoms with van der Waals surface area (Å²) in [5.74, 6) is 0.664. The predicted octanol–water partition coefficient (Wildman–Crippen LogP) is 2.75. The Balaban J connectivity index is 2.36. The van der Waals surface area contributed by atoms with Crippen molar-refractivity contribution in [3.8, 4) is 0 Å². The second kappa shape index (κ2) is 4.42. The first-order valence-electron chi connectivity index (χ1n) is 4.11. The highest BCUT2D eigenvalue weighted by molar-refractivity contribution is 8.01. The van der Waals surface area contributed by atoms with Crippen LogP contribution in [0.5, 0.6) is 0 Å². The molecule has 0 aliphatic rings. The summed E-state index contributed by atoms with van der Waals surface area (Å²) in [4.78, 5) is 8.39. The first-order chi connectivity index (χ1) is 7.16. The molecule has 0 spiro atoms. The van der Waals surface area contributed by atoms with Crippen LogP contribution in [0, 0.1) is 13.8 Å². The average molecular weight is 259 g/mol. The smallest absolute Gasteiger partial charge is 0.180 e. The summed E-state index contributed by atoms with van der Waals surface area (Å²) in [5, 5.41) is 9.04. The minimum absolute atomic E-state index is 0.495. The van der Waals surface area contributed by atoms with Crippen LogP contribution in [0.25, 0.3) is 0 Å². The fraction of sp³-hybridized carbons (Fsp3) is 0.250. The van der Waals surface area contributed by atoms with E-state index in [4.69, 9.17) is 11.6 Å². The second-order valence-corrected chi connectivity index (χ2v) is 5.23. The highest BCUT2D eigenvalue weighted by atomic mass is 35.5. The normalized spacial score (nSPS) is 10.6. The molecule has 0 saturated heterocycles. The molecule has 0 N–H and O–H groups in total. The van der Waals surface area contributed by atoms with Gasteiger partial charge in [-0.25, -0.2) is 9.97 Å². The lowest BCUT2D eigenvalue weighted by molar-refractivity contribution is 0.933. The van der Waals surface area contributed by atoms with Crippen molar-refractivity contribution >= 4 is 34.7 Å². The van der Waals surface area contributed by atoms with Gasteiger partial charge >= 0.3 is 0 Å². The summed E-state index contributed by atoms with van der Waals surface area (Å²) in [6, 6.07) is 0. The maximum absolute atomic E-state index is 5.96. The summed E-state index contributed by atoms with van der Waals surface area (Å²) >= 11 is 8.90. The standard InChI is InChI=1S/C8H7ClN4S2/c1-4-6(9)11-5(2)12-7(4)15-8-13-10-3-14-8/h3H,1-2H3. The lowest BCUT2D eigenvalue weighted by Crippen LogP contribution is -1.94. The number of aromatic nitrogens is 4. The van der Waals surface area contributed by atoms with Gasteiger partial charge < -0.3 is 0 Å². The third-order valence-corrected chi connectivity index (χ3v) is 3.91. The number of hydrogen-bond donors (Lipinski definition) is 0. The summed E-state index contributed by atoms with van der Waals surface area (Å²) < 4.78 is 0.854. The molecule has 4 nitrogen and oxygen atoms in total. The molecule has 0 atom stereocenters. The molecular formula is C8H7ClN4S2. The van der Waals surface area contributed by atoms with Gasteiger partial charge in [0.25, 0.3) is 0 Å². The minimum Gasteiger partial charge on any atom is -0.226 e. The van der Waals surface area contributed by atoms with Crippen molar-refractivity contribution in [3.05, 3.63) is 22.1 Å². The molecule has 0 amide bonds. The molecule has 0 unspecified atom stereocenters. The zero-order valence-corrected chi connectivity index (χ0v) is 10.4. The average Bonchev–Trinajstić information content (AvgIpc) is 2.66. The molecule has 2 heterocycles. The van der Waals surface area contributed by atoms with Crippen LogP contribution in [0.15, 0.2) is 14.9 Å². The zero-order chi connectivity index (χ0) is 10.8. The number of hydrogen-bond acceptors (Lipinski definition) is 6. The minimum atomic E-state index is 0.495. The number of nitrogens with zero attached hydrogens (tertiary/aromatic N) is 4. The molecular weight excluding hydrogens is 252 g/mol. The Hall–Kier alpha value is -0.720. The van der Waals surface area contributed by atoms with E-state index in [2.05, 4.69) is 20.2 Å². The van der Waals surface area contributed by atoms with Crippen LogP contribution in [-0.4, -0.2) is 20.2 Å². The highest BCUT2D eigenvalue weighted by Crippen LogP contribution is 2.31. The lowest BCUT2D eigenvalue weighted by Gasteiger charge is -2.04. The molecule has 7 heteroatoms. The van der Waals surface area contributed by atoms with Crippen LogP contribution in [0.2, 0.25) is 5.15 Å². The summed E-state index contributed by atoms with van der Waals surface area (Å²) in [6.07, 6.45) is 0. The maximum Gasteiger partial charge on any atom is 0.180 e. The van der Waals surface area contributed by atoms with Crippen LogP contribution in [0.1, 0.15) is 11.4 Å². The van der Waals surface area contributed by atoms with Gasteiger partial charge in [-0.2, -0.15) is 0 Å². The van der Waals surface area contributed by atoms with Gasteiger partial charge in [0.15, 0.2) is 4.34 Å². The third-order valence-electron chi connectivity index (χ3n) is 1.68. The molecule has 0 radical (unpaired) electrons. The van der Waals surface area contributed by atoms with Gasteiger partial charge in [0.2, 0.25) is 0 Å². The van der Waals surface area contributed by atoms with Gasteiger partial charge in [-0.3, -0.25) is 0 Å². The number of aryl methyl sites for hydroxylation is 1.